The molecule has 1 aliphatic rings. The van der Waals surface area contributed by atoms with E-state index in [1.165, 1.54) is 4.57 Å². The highest BCUT2D eigenvalue weighted by Crippen LogP contribution is 2.15. The topological polar surface area (TPSA) is 54.9 Å². The quantitative estimate of drug-likeness (QED) is 0.531. The van der Waals surface area contributed by atoms with E-state index in [4.69, 9.17) is 0 Å². The molecule has 2 rings (SSSR count). The molecule has 1 heterocycles. The fourth-order valence-corrected chi connectivity index (χ4v) is 1.70. The second kappa shape index (κ2) is 2.33. The first-order valence-corrected chi connectivity index (χ1v) is 4.01. The van der Waals surface area contributed by atoms with Crippen LogP contribution in [0, 0.1) is 0 Å². The Morgan fingerprint density at radius 2 is 2.08 bits per heavy atom. The zero-order chi connectivity index (χ0) is 8.72. The summed E-state index contributed by atoms with van der Waals surface area (Å²) in [6.07, 6.45) is 2.82. The summed E-state index contributed by atoms with van der Waals surface area (Å²) in [6, 6.07) is 0. The van der Waals surface area contributed by atoms with Crippen LogP contribution in [0.15, 0.2) is 9.59 Å². The average molecular weight is 166 g/mol. The average Bonchev–Trinajstić information content (AvgIpc) is 2.48. The fraction of sp³-hybridized carbons (Fsp3) is 0.500. The summed E-state index contributed by atoms with van der Waals surface area (Å²) in [4.78, 5) is 24.8. The van der Waals surface area contributed by atoms with Crippen molar-refractivity contribution in [2.45, 2.75) is 19.3 Å². The van der Waals surface area contributed by atoms with Crippen LogP contribution in [-0.2, 0) is 19.9 Å². The van der Waals surface area contributed by atoms with Gasteiger partial charge in [0.15, 0.2) is 0 Å². The van der Waals surface area contributed by atoms with Crippen molar-refractivity contribution >= 4 is 0 Å². The molecule has 0 fully saturated rings. The van der Waals surface area contributed by atoms with E-state index < -0.39 is 11.1 Å². The standard InChI is InChI=1S/C8H10N2O2/c1-10-6-4-2-3-5(6)9-7(11)8(10)12/h2-4H2,1H3,(H,9,11). The van der Waals surface area contributed by atoms with Crippen LogP contribution in [0.5, 0.6) is 0 Å². The minimum absolute atomic E-state index is 0.448. The van der Waals surface area contributed by atoms with E-state index in [0.29, 0.717) is 0 Å². The van der Waals surface area contributed by atoms with Gasteiger partial charge in [-0.25, -0.2) is 0 Å². The first-order chi connectivity index (χ1) is 5.70. The molecule has 0 aromatic carbocycles. The molecular formula is C8H10N2O2. The molecular weight excluding hydrogens is 156 g/mol. The lowest BCUT2D eigenvalue weighted by molar-refractivity contribution is 0.757. The molecule has 0 spiro atoms. The van der Waals surface area contributed by atoms with Crippen LogP contribution in [-0.4, -0.2) is 9.55 Å². The summed E-state index contributed by atoms with van der Waals surface area (Å²) in [5.74, 6) is 0. The van der Waals surface area contributed by atoms with E-state index in [2.05, 4.69) is 4.98 Å². The van der Waals surface area contributed by atoms with E-state index in [0.717, 1.165) is 30.7 Å². The first-order valence-electron chi connectivity index (χ1n) is 4.01. The molecule has 1 N–H and O–H groups in total. The van der Waals surface area contributed by atoms with Crippen molar-refractivity contribution in [2.75, 3.05) is 0 Å². The van der Waals surface area contributed by atoms with Crippen LogP contribution >= 0.6 is 0 Å². The van der Waals surface area contributed by atoms with Gasteiger partial charge in [0.1, 0.15) is 0 Å². The monoisotopic (exact) mass is 166 g/mol. The lowest BCUT2D eigenvalue weighted by Crippen LogP contribution is -2.37. The lowest BCUT2D eigenvalue weighted by atomic mass is 10.3. The Balaban J connectivity index is 2.85. The normalized spacial score (nSPS) is 14.8. The molecule has 1 aromatic rings. The number of aryl methyl sites for hydroxylation is 1. The Morgan fingerprint density at radius 1 is 1.33 bits per heavy atom. The predicted molar refractivity (Wildman–Crippen MR) is 44.3 cm³/mol. The van der Waals surface area contributed by atoms with Gasteiger partial charge in [0.25, 0.3) is 0 Å². The van der Waals surface area contributed by atoms with Gasteiger partial charge in [-0.1, -0.05) is 0 Å². The molecule has 0 saturated carbocycles. The number of nitrogens with zero attached hydrogens (tertiary/aromatic N) is 1. The SMILES string of the molecule is Cn1c2c([nH]c(=O)c1=O)CCC2. The van der Waals surface area contributed by atoms with Crippen LogP contribution in [0.25, 0.3) is 0 Å². The molecule has 64 valence electrons. The summed E-state index contributed by atoms with van der Waals surface area (Å²) in [7, 11) is 1.65. The van der Waals surface area contributed by atoms with E-state index in [-0.39, 0.29) is 0 Å². The highest BCUT2D eigenvalue weighted by molar-refractivity contribution is 5.17. The minimum atomic E-state index is -0.502. The number of aromatic amines is 1. The summed E-state index contributed by atoms with van der Waals surface area (Å²) in [5.41, 5.74) is 0.968. The van der Waals surface area contributed by atoms with E-state index in [1.807, 2.05) is 0 Å². The highest BCUT2D eigenvalue weighted by Gasteiger charge is 2.15. The number of nitrogens with one attached hydrogen (secondary N) is 1. The van der Waals surface area contributed by atoms with Gasteiger partial charge >= 0.3 is 11.1 Å². The molecule has 0 radical (unpaired) electrons. The molecule has 12 heavy (non-hydrogen) atoms. The van der Waals surface area contributed by atoms with E-state index in [1.54, 1.807) is 7.05 Å². The molecule has 1 aliphatic carbocycles. The number of aromatic nitrogens is 2. The minimum Gasteiger partial charge on any atom is -0.320 e. The molecule has 4 heteroatoms. The summed E-state index contributed by atoms with van der Waals surface area (Å²) < 4.78 is 1.46. The Morgan fingerprint density at radius 3 is 2.83 bits per heavy atom. The zero-order valence-electron chi connectivity index (χ0n) is 6.89. The molecule has 0 aliphatic heterocycles. The molecule has 4 nitrogen and oxygen atoms in total. The van der Waals surface area contributed by atoms with Gasteiger partial charge in [-0.15, -0.1) is 0 Å². The second-order valence-electron chi connectivity index (χ2n) is 3.10. The largest absolute Gasteiger partial charge is 0.320 e. The van der Waals surface area contributed by atoms with Crippen molar-refractivity contribution in [2.24, 2.45) is 7.05 Å². The Bertz CT molecular complexity index is 428. The third kappa shape index (κ3) is 0.841. The number of rotatable bonds is 0. The highest BCUT2D eigenvalue weighted by atomic mass is 16.2. The molecule has 0 atom stereocenters. The van der Waals surface area contributed by atoms with Crippen LogP contribution in [0.4, 0.5) is 0 Å². The van der Waals surface area contributed by atoms with Gasteiger partial charge < -0.3 is 9.55 Å². The van der Waals surface area contributed by atoms with Crippen molar-refractivity contribution in [3.05, 3.63) is 32.1 Å². The van der Waals surface area contributed by atoms with Crippen molar-refractivity contribution in [1.82, 2.24) is 9.55 Å². The summed E-state index contributed by atoms with van der Waals surface area (Å²) in [5, 5.41) is 0. The smallest absolute Gasteiger partial charge is 0.316 e. The van der Waals surface area contributed by atoms with Gasteiger partial charge in [-0.05, 0) is 19.3 Å². The number of H-pyrrole nitrogens is 1. The second-order valence-corrected chi connectivity index (χ2v) is 3.10. The maximum Gasteiger partial charge on any atom is 0.316 e. The maximum absolute atomic E-state index is 11.1. The Labute approximate surface area is 68.9 Å². The predicted octanol–water partition coefficient (Wildman–Crippen LogP) is -0.438. The van der Waals surface area contributed by atoms with Crippen molar-refractivity contribution < 1.29 is 0 Å². The third-order valence-corrected chi connectivity index (χ3v) is 2.36. The molecule has 1 aromatic heterocycles. The summed E-state index contributed by atoms with van der Waals surface area (Å²) in [6.45, 7) is 0. The van der Waals surface area contributed by atoms with Gasteiger partial charge in [0, 0.05) is 18.4 Å². The van der Waals surface area contributed by atoms with Crippen molar-refractivity contribution in [3.8, 4) is 0 Å². The van der Waals surface area contributed by atoms with Gasteiger partial charge in [-0.2, -0.15) is 0 Å². The van der Waals surface area contributed by atoms with E-state index in [9.17, 15) is 9.59 Å². The van der Waals surface area contributed by atoms with Crippen molar-refractivity contribution in [3.63, 3.8) is 0 Å². The molecule has 0 saturated heterocycles. The lowest BCUT2D eigenvalue weighted by Gasteiger charge is -2.03. The van der Waals surface area contributed by atoms with Crippen LogP contribution in [0.2, 0.25) is 0 Å². The number of hydrogen-bond donors (Lipinski definition) is 1. The van der Waals surface area contributed by atoms with Crippen molar-refractivity contribution in [1.29, 1.82) is 0 Å². The molecule has 0 bridgehead atoms. The summed E-state index contributed by atoms with van der Waals surface area (Å²) >= 11 is 0. The van der Waals surface area contributed by atoms with Crippen LogP contribution in [0.1, 0.15) is 17.8 Å². The van der Waals surface area contributed by atoms with E-state index >= 15 is 0 Å². The Hall–Kier alpha value is -1.32. The first kappa shape index (κ1) is 7.34. The number of hydrogen-bond acceptors (Lipinski definition) is 2. The van der Waals surface area contributed by atoms with Crippen LogP contribution in [0.3, 0.4) is 0 Å². The van der Waals surface area contributed by atoms with Gasteiger partial charge in [0.05, 0.1) is 0 Å². The zero-order valence-corrected chi connectivity index (χ0v) is 6.89. The molecule has 0 unspecified atom stereocenters. The maximum atomic E-state index is 11.1. The van der Waals surface area contributed by atoms with Gasteiger partial charge in [-0.3, -0.25) is 9.59 Å². The fourth-order valence-electron chi connectivity index (χ4n) is 1.70. The number of fused-ring (bicyclic) bond motifs is 1. The third-order valence-electron chi connectivity index (χ3n) is 2.36. The molecule has 0 amide bonds. The Kier molecular flexibility index (Phi) is 1.43. The van der Waals surface area contributed by atoms with Gasteiger partial charge in [0.2, 0.25) is 0 Å². The van der Waals surface area contributed by atoms with Crippen LogP contribution < -0.4 is 11.1 Å².